The number of nitrogens with zero attached hydrogens (tertiary/aromatic N) is 3. The van der Waals surface area contributed by atoms with Crippen molar-refractivity contribution in [3.63, 3.8) is 0 Å². The molecule has 0 saturated carbocycles. The second kappa shape index (κ2) is 15.8. The molecule has 0 spiro atoms. The molecule has 9 aromatic carbocycles. The standard InChI is InChI=1S/C57H37N3S/c1-5-17-38(18-6-1)42-25-13-27-44(33-42)48-36-51(46-29-14-26-43(34-46)39-19-7-2-8-20-39)54-52(37-48)50-32-16-31-49(53(50)61-54)45-28-15-30-47(35-45)57-59-55(40-21-9-3-10-22-40)58-56(60-57)41-23-11-4-12-24-41/h1-37H. The highest BCUT2D eigenvalue weighted by Crippen LogP contribution is 2.47. The van der Waals surface area contributed by atoms with Gasteiger partial charge in [-0.1, -0.05) is 194 Å². The Labute approximate surface area is 359 Å². The summed E-state index contributed by atoms with van der Waals surface area (Å²) in [6.45, 7) is 0. The summed E-state index contributed by atoms with van der Waals surface area (Å²) in [6.07, 6.45) is 0. The Morgan fingerprint density at radius 3 is 1.16 bits per heavy atom. The third-order valence-electron chi connectivity index (χ3n) is 11.3. The smallest absolute Gasteiger partial charge is 0.164 e. The number of aromatic nitrogens is 3. The van der Waals surface area contributed by atoms with Crippen LogP contribution in [0.25, 0.3) is 110 Å². The summed E-state index contributed by atoms with van der Waals surface area (Å²) in [5.41, 5.74) is 14.7. The van der Waals surface area contributed by atoms with Crippen LogP contribution in [-0.4, -0.2) is 15.0 Å². The van der Waals surface area contributed by atoms with Gasteiger partial charge in [-0.25, -0.2) is 15.0 Å². The molecule has 0 amide bonds. The predicted molar refractivity (Wildman–Crippen MR) is 256 cm³/mol. The highest BCUT2D eigenvalue weighted by Gasteiger charge is 2.18. The van der Waals surface area contributed by atoms with Gasteiger partial charge in [0.05, 0.1) is 0 Å². The Morgan fingerprint density at radius 1 is 0.230 bits per heavy atom. The van der Waals surface area contributed by atoms with E-state index in [4.69, 9.17) is 15.0 Å². The van der Waals surface area contributed by atoms with E-state index in [2.05, 4.69) is 164 Å². The minimum Gasteiger partial charge on any atom is -0.208 e. The molecule has 0 saturated heterocycles. The molecule has 0 bridgehead atoms. The first-order chi connectivity index (χ1) is 30.2. The van der Waals surface area contributed by atoms with Crippen molar-refractivity contribution in [1.29, 1.82) is 0 Å². The predicted octanol–water partition coefficient (Wildman–Crippen LogP) is 15.6. The zero-order valence-corrected chi connectivity index (χ0v) is 33.9. The fourth-order valence-electron chi connectivity index (χ4n) is 8.28. The molecule has 0 aliphatic carbocycles. The summed E-state index contributed by atoms with van der Waals surface area (Å²) in [7, 11) is 0. The van der Waals surface area contributed by atoms with Gasteiger partial charge in [-0.2, -0.15) is 0 Å². The van der Waals surface area contributed by atoms with Gasteiger partial charge in [0, 0.05) is 42.4 Å². The molecule has 0 aliphatic heterocycles. The zero-order chi connectivity index (χ0) is 40.5. The number of thiophene rings is 1. The third kappa shape index (κ3) is 7.09. The lowest BCUT2D eigenvalue weighted by atomic mass is 9.92. The highest BCUT2D eigenvalue weighted by atomic mass is 32.1. The molecule has 0 fully saturated rings. The number of hydrogen-bond acceptors (Lipinski definition) is 4. The summed E-state index contributed by atoms with van der Waals surface area (Å²) in [5, 5.41) is 2.49. The molecule has 2 aromatic heterocycles. The van der Waals surface area contributed by atoms with Crippen molar-refractivity contribution in [2.75, 3.05) is 0 Å². The van der Waals surface area contributed by atoms with E-state index in [0.717, 1.165) is 22.3 Å². The molecule has 11 rings (SSSR count). The van der Waals surface area contributed by atoms with Crippen molar-refractivity contribution in [3.8, 4) is 89.8 Å². The lowest BCUT2D eigenvalue weighted by Gasteiger charge is -2.12. The van der Waals surface area contributed by atoms with Gasteiger partial charge in [0.25, 0.3) is 0 Å². The Hall–Kier alpha value is -7.79. The molecule has 11 aromatic rings. The van der Waals surface area contributed by atoms with Gasteiger partial charge < -0.3 is 0 Å². The van der Waals surface area contributed by atoms with E-state index in [1.165, 1.54) is 70.2 Å². The first-order valence-electron chi connectivity index (χ1n) is 20.5. The van der Waals surface area contributed by atoms with Gasteiger partial charge in [-0.15, -0.1) is 11.3 Å². The maximum atomic E-state index is 5.05. The topological polar surface area (TPSA) is 38.7 Å². The minimum absolute atomic E-state index is 0.640. The average Bonchev–Trinajstić information content (AvgIpc) is 3.74. The van der Waals surface area contributed by atoms with Gasteiger partial charge in [-0.3, -0.25) is 0 Å². The van der Waals surface area contributed by atoms with E-state index >= 15 is 0 Å². The van der Waals surface area contributed by atoms with E-state index in [0.29, 0.717) is 17.5 Å². The SMILES string of the molecule is c1ccc(-c2cccc(-c3cc(-c4cccc(-c5ccccc5)c4)c4sc5c(-c6cccc(-c7nc(-c8ccccc8)nc(-c8ccccc8)n7)c6)cccc5c4c3)c2)cc1. The first kappa shape index (κ1) is 36.3. The fourth-order valence-corrected chi connectivity index (χ4v) is 9.63. The van der Waals surface area contributed by atoms with Crippen molar-refractivity contribution < 1.29 is 0 Å². The van der Waals surface area contributed by atoms with E-state index < -0.39 is 0 Å². The van der Waals surface area contributed by atoms with Gasteiger partial charge in [0.15, 0.2) is 17.5 Å². The summed E-state index contributed by atoms with van der Waals surface area (Å²) >= 11 is 1.87. The second-order valence-electron chi connectivity index (χ2n) is 15.2. The molecule has 61 heavy (non-hydrogen) atoms. The summed E-state index contributed by atoms with van der Waals surface area (Å²) < 4.78 is 2.51. The van der Waals surface area contributed by atoms with Crippen LogP contribution in [-0.2, 0) is 0 Å². The number of hydrogen-bond donors (Lipinski definition) is 0. The minimum atomic E-state index is 0.640. The summed E-state index contributed by atoms with van der Waals surface area (Å²) in [6, 6.07) is 79.6. The molecule has 4 heteroatoms. The van der Waals surface area contributed by atoms with Crippen LogP contribution in [0.5, 0.6) is 0 Å². The van der Waals surface area contributed by atoms with E-state index in [1.54, 1.807) is 0 Å². The maximum Gasteiger partial charge on any atom is 0.164 e. The van der Waals surface area contributed by atoms with Gasteiger partial charge >= 0.3 is 0 Å². The van der Waals surface area contributed by atoms with Crippen LogP contribution in [0.1, 0.15) is 0 Å². The highest BCUT2D eigenvalue weighted by molar-refractivity contribution is 7.26. The van der Waals surface area contributed by atoms with E-state index in [-0.39, 0.29) is 0 Å². The van der Waals surface area contributed by atoms with Gasteiger partial charge in [0.1, 0.15) is 0 Å². The fraction of sp³-hybridized carbons (Fsp3) is 0. The summed E-state index contributed by atoms with van der Waals surface area (Å²) in [4.78, 5) is 15.0. The van der Waals surface area contributed by atoms with Crippen molar-refractivity contribution in [3.05, 3.63) is 224 Å². The average molecular weight is 796 g/mol. The van der Waals surface area contributed by atoms with Crippen LogP contribution in [0.15, 0.2) is 224 Å². The van der Waals surface area contributed by atoms with Crippen molar-refractivity contribution in [1.82, 2.24) is 15.0 Å². The Balaban J connectivity index is 1.08. The molecular weight excluding hydrogens is 759 g/mol. The normalized spacial score (nSPS) is 11.3. The quantitative estimate of drug-likeness (QED) is 0.154. The van der Waals surface area contributed by atoms with Crippen LogP contribution < -0.4 is 0 Å². The number of fused-ring (bicyclic) bond motifs is 3. The second-order valence-corrected chi connectivity index (χ2v) is 16.2. The Morgan fingerprint density at radius 2 is 0.607 bits per heavy atom. The Kier molecular flexibility index (Phi) is 9.38. The monoisotopic (exact) mass is 795 g/mol. The van der Waals surface area contributed by atoms with Crippen molar-refractivity contribution >= 4 is 31.5 Å². The number of rotatable bonds is 8. The van der Waals surface area contributed by atoms with E-state index in [1.807, 2.05) is 72.0 Å². The third-order valence-corrected chi connectivity index (χ3v) is 12.6. The molecule has 0 N–H and O–H groups in total. The maximum absolute atomic E-state index is 5.05. The molecule has 0 aliphatic rings. The van der Waals surface area contributed by atoms with Crippen LogP contribution >= 0.6 is 11.3 Å². The van der Waals surface area contributed by atoms with Crippen LogP contribution in [0.4, 0.5) is 0 Å². The van der Waals surface area contributed by atoms with Gasteiger partial charge in [0.2, 0.25) is 0 Å². The van der Waals surface area contributed by atoms with Crippen molar-refractivity contribution in [2.45, 2.75) is 0 Å². The van der Waals surface area contributed by atoms with E-state index in [9.17, 15) is 0 Å². The molecule has 3 nitrogen and oxygen atoms in total. The lowest BCUT2D eigenvalue weighted by Crippen LogP contribution is -2.00. The zero-order valence-electron chi connectivity index (χ0n) is 33.1. The van der Waals surface area contributed by atoms with Crippen LogP contribution in [0, 0.1) is 0 Å². The van der Waals surface area contributed by atoms with Crippen LogP contribution in [0.2, 0.25) is 0 Å². The van der Waals surface area contributed by atoms with Gasteiger partial charge in [-0.05, 0) is 80.4 Å². The summed E-state index contributed by atoms with van der Waals surface area (Å²) in [5.74, 6) is 1.94. The molecule has 0 atom stereocenters. The molecule has 0 unspecified atom stereocenters. The largest absolute Gasteiger partial charge is 0.208 e. The molecule has 2 heterocycles. The first-order valence-corrected chi connectivity index (χ1v) is 21.3. The molecule has 0 radical (unpaired) electrons. The van der Waals surface area contributed by atoms with Crippen LogP contribution in [0.3, 0.4) is 0 Å². The number of benzene rings is 9. The Bertz CT molecular complexity index is 3280. The van der Waals surface area contributed by atoms with Crippen molar-refractivity contribution in [2.24, 2.45) is 0 Å². The molecule has 286 valence electrons. The lowest BCUT2D eigenvalue weighted by molar-refractivity contribution is 1.07. The molecular formula is C57H37N3S.